The quantitative estimate of drug-likeness (QED) is 0.849. The molecule has 0 spiro atoms. The summed E-state index contributed by atoms with van der Waals surface area (Å²) < 4.78 is 1.89. The number of benzene rings is 1. The van der Waals surface area contributed by atoms with Gasteiger partial charge in [0.15, 0.2) is 0 Å². The van der Waals surface area contributed by atoms with Crippen molar-refractivity contribution in [3.8, 4) is 11.3 Å². The second-order valence-electron chi connectivity index (χ2n) is 5.65. The lowest BCUT2D eigenvalue weighted by Crippen LogP contribution is -2.14. The van der Waals surface area contributed by atoms with E-state index in [9.17, 15) is 4.79 Å². The fraction of sp³-hybridized carbons (Fsp3) is 0.375. The molecule has 0 bridgehead atoms. The molecule has 5 nitrogen and oxygen atoms in total. The van der Waals surface area contributed by atoms with Crippen molar-refractivity contribution in [2.45, 2.75) is 31.6 Å². The summed E-state index contributed by atoms with van der Waals surface area (Å²) >= 11 is 0. The number of hydrogen-bond acceptors (Lipinski definition) is 3. The minimum Gasteiger partial charge on any atom is -0.481 e. The van der Waals surface area contributed by atoms with Crippen LogP contribution < -0.4 is 5.73 Å². The SMILES string of the molecule is Cn1nc(-c2cccc(N)c2)c2c1CCCC2CC(=O)O. The Hall–Kier alpha value is -2.30. The molecule has 0 amide bonds. The minimum atomic E-state index is -0.754. The Morgan fingerprint density at radius 3 is 3.05 bits per heavy atom. The van der Waals surface area contributed by atoms with E-state index in [1.165, 1.54) is 0 Å². The molecule has 1 aromatic heterocycles. The maximum atomic E-state index is 11.1. The maximum Gasteiger partial charge on any atom is 0.303 e. The first-order valence-electron chi connectivity index (χ1n) is 7.19. The molecule has 3 N–H and O–H groups in total. The van der Waals surface area contributed by atoms with Gasteiger partial charge >= 0.3 is 5.97 Å². The van der Waals surface area contributed by atoms with Crippen molar-refractivity contribution >= 4 is 11.7 Å². The summed E-state index contributed by atoms with van der Waals surface area (Å²) in [6.07, 6.45) is 3.03. The lowest BCUT2D eigenvalue weighted by molar-refractivity contribution is -0.137. The number of hydrogen-bond donors (Lipinski definition) is 2. The Morgan fingerprint density at radius 1 is 1.52 bits per heavy atom. The summed E-state index contributed by atoms with van der Waals surface area (Å²) in [5, 5.41) is 13.8. The van der Waals surface area contributed by atoms with E-state index in [4.69, 9.17) is 10.8 Å². The zero-order valence-corrected chi connectivity index (χ0v) is 12.0. The van der Waals surface area contributed by atoms with Crippen LogP contribution in [0.5, 0.6) is 0 Å². The van der Waals surface area contributed by atoms with E-state index in [-0.39, 0.29) is 12.3 Å². The van der Waals surface area contributed by atoms with E-state index >= 15 is 0 Å². The summed E-state index contributed by atoms with van der Waals surface area (Å²) in [5.41, 5.74) is 10.7. The van der Waals surface area contributed by atoms with E-state index < -0.39 is 5.97 Å². The molecule has 0 fully saturated rings. The van der Waals surface area contributed by atoms with Crippen LogP contribution >= 0.6 is 0 Å². The number of carbonyl (C=O) groups is 1. The lowest BCUT2D eigenvalue weighted by atomic mass is 9.82. The number of nitrogen functional groups attached to an aromatic ring is 1. The first-order valence-corrected chi connectivity index (χ1v) is 7.19. The molecule has 1 aromatic carbocycles. The topological polar surface area (TPSA) is 81.1 Å². The molecule has 3 rings (SSSR count). The second-order valence-corrected chi connectivity index (χ2v) is 5.65. The van der Waals surface area contributed by atoms with Gasteiger partial charge in [-0.25, -0.2) is 0 Å². The van der Waals surface area contributed by atoms with Crippen LogP contribution in [-0.2, 0) is 18.3 Å². The third kappa shape index (κ3) is 2.51. The highest BCUT2D eigenvalue weighted by Gasteiger charge is 2.29. The van der Waals surface area contributed by atoms with Crippen molar-refractivity contribution in [2.75, 3.05) is 5.73 Å². The Kier molecular flexibility index (Phi) is 3.41. The number of aryl methyl sites for hydroxylation is 1. The number of fused-ring (bicyclic) bond motifs is 1. The molecule has 1 aliphatic carbocycles. The van der Waals surface area contributed by atoms with Gasteiger partial charge in [0.2, 0.25) is 0 Å². The zero-order chi connectivity index (χ0) is 15.0. The van der Waals surface area contributed by atoms with Crippen LogP contribution in [0.25, 0.3) is 11.3 Å². The average molecular weight is 285 g/mol. The third-order valence-corrected chi connectivity index (χ3v) is 4.16. The number of aromatic nitrogens is 2. The highest BCUT2D eigenvalue weighted by Crippen LogP contribution is 2.40. The van der Waals surface area contributed by atoms with Crippen LogP contribution in [0.4, 0.5) is 5.69 Å². The van der Waals surface area contributed by atoms with Crippen LogP contribution in [0.3, 0.4) is 0 Å². The summed E-state index contributed by atoms with van der Waals surface area (Å²) in [7, 11) is 1.93. The van der Waals surface area contributed by atoms with Crippen molar-refractivity contribution in [3.05, 3.63) is 35.5 Å². The van der Waals surface area contributed by atoms with Gasteiger partial charge in [-0.2, -0.15) is 5.10 Å². The molecule has 2 aromatic rings. The first kappa shape index (κ1) is 13.7. The molecule has 0 saturated heterocycles. The third-order valence-electron chi connectivity index (χ3n) is 4.16. The van der Waals surface area contributed by atoms with Crippen molar-refractivity contribution in [2.24, 2.45) is 7.05 Å². The Bertz CT molecular complexity index is 691. The van der Waals surface area contributed by atoms with Gasteiger partial charge in [-0.05, 0) is 37.3 Å². The van der Waals surface area contributed by atoms with Gasteiger partial charge in [-0.15, -0.1) is 0 Å². The van der Waals surface area contributed by atoms with Gasteiger partial charge in [0, 0.05) is 29.6 Å². The second kappa shape index (κ2) is 5.24. The van der Waals surface area contributed by atoms with Crippen molar-refractivity contribution in [1.29, 1.82) is 0 Å². The molecule has 1 aliphatic rings. The number of anilines is 1. The molecule has 110 valence electrons. The summed E-state index contributed by atoms with van der Waals surface area (Å²) in [5.74, 6) is -0.716. The minimum absolute atomic E-state index is 0.0383. The molecule has 1 heterocycles. The van der Waals surface area contributed by atoms with E-state index in [1.54, 1.807) is 0 Å². The van der Waals surface area contributed by atoms with Gasteiger partial charge in [0.05, 0.1) is 12.1 Å². The normalized spacial score (nSPS) is 17.5. The van der Waals surface area contributed by atoms with Gasteiger partial charge in [0.25, 0.3) is 0 Å². The molecular weight excluding hydrogens is 266 g/mol. The van der Waals surface area contributed by atoms with Crippen molar-refractivity contribution in [1.82, 2.24) is 9.78 Å². The van der Waals surface area contributed by atoms with E-state index in [2.05, 4.69) is 5.10 Å². The number of nitrogens with two attached hydrogens (primary N) is 1. The predicted molar refractivity (Wildman–Crippen MR) is 81.0 cm³/mol. The zero-order valence-electron chi connectivity index (χ0n) is 12.0. The van der Waals surface area contributed by atoms with Crippen LogP contribution in [-0.4, -0.2) is 20.9 Å². The van der Waals surface area contributed by atoms with Crippen molar-refractivity contribution in [3.63, 3.8) is 0 Å². The standard InChI is InChI=1S/C16H19N3O2/c1-19-13-7-3-4-10(9-14(20)21)15(13)16(18-19)11-5-2-6-12(17)8-11/h2,5-6,8,10H,3-4,7,9,17H2,1H3,(H,20,21). The highest BCUT2D eigenvalue weighted by atomic mass is 16.4. The molecule has 0 aliphatic heterocycles. The highest BCUT2D eigenvalue weighted by molar-refractivity contribution is 5.72. The van der Waals surface area contributed by atoms with Crippen molar-refractivity contribution < 1.29 is 9.90 Å². The van der Waals surface area contributed by atoms with Gasteiger partial charge in [-0.1, -0.05) is 12.1 Å². The van der Waals surface area contributed by atoms with E-state index in [0.29, 0.717) is 5.69 Å². The largest absolute Gasteiger partial charge is 0.481 e. The van der Waals surface area contributed by atoms with Gasteiger partial charge in [0.1, 0.15) is 0 Å². The molecule has 5 heteroatoms. The molecule has 1 unspecified atom stereocenters. The van der Waals surface area contributed by atoms with Crippen LogP contribution in [0.2, 0.25) is 0 Å². The van der Waals surface area contributed by atoms with Gasteiger partial charge in [-0.3, -0.25) is 9.48 Å². The average Bonchev–Trinajstić information content (AvgIpc) is 2.77. The molecule has 1 atom stereocenters. The monoisotopic (exact) mass is 285 g/mol. The Morgan fingerprint density at radius 2 is 2.33 bits per heavy atom. The molecule has 21 heavy (non-hydrogen) atoms. The Labute approximate surface area is 123 Å². The lowest BCUT2D eigenvalue weighted by Gasteiger charge is -2.22. The number of nitrogens with zero attached hydrogens (tertiary/aromatic N) is 2. The molecular formula is C16H19N3O2. The number of carboxylic acids is 1. The molecule has 0 radical (unpaired) electrons. The predicted octanol–water partition coefficient (Wildman–Crippen LogP) is 2.56. The van der Waals surface area contributed by atoms with Crippen LogP contribution in [0, 0.1) is 0 Å². The van der Waals surface area contributed by atoms with Crippen LogP contribution in [0.1, 0.15) is 36.4 Å². The van der Waals surface area contributed by atoms with Crippen LogP contribution in [0.15, 0.2) is 24.3 Å². The smallest absolute Gasteiger partial charge is 0.303 e. The fourth-order valence-corrected chi connectivity index (χ4v) is 3.28. The first-order chi connectivity index (χ1) is 10.1. The van der Waals surface area contributed by atoms with E-state index in [1.807, 2.05) is 36.0 Å². The maximum absolute atomic E-state index is 11.1. The summed E-state index contributed by atoms with van der Waals surface area (Å²) in [4.78, 5) is 11.1. The number of carboxylic acid groups (broad SMARTS) is 1. The molecule has 0 saturated carbocycles. The fourth-order valence-electron chi connectivity index (χ4n) is 3.28. The van der Waals surface area contributed by atoms with Gasteiger partial charge < -0.3 is 10.8 Å². The summed E-state index contributed by atoms with van der Waals surface area (Å²) in [6, 6.07) is 7.62. The number of aliphatic carboxylic acids is 1. The Balaban J connectivity index is 2.12. The summed E-state index contributed by atoms with van der Waals surface area (Å²) in [6.45, 7) is 0. The number of rotatable bonds is 3. The van der Waals surface area contributed by atoms with E-state index in [0.717, 1.165) is 41.8 Å².